The van der Waals surface area contributed by atoms with Crippen molar-refractivity contribution in [3.63, 3.8) is 0 Å². The predicted molar refractivity (Wildman–Crippen MR) is 91.3 cm³/mol. The van der Waals surface area contributed by atoms with Gasteiger partial charge in [0.15, 0.2) is 11.5 Å². The number of ether oxygens (including phenoxy) is 2. The standard InChI is InChI=1S/C18H15F3N2O5/c1-27-14-8-7-13-15(16(14)23(25)26)12(24)9-17(28-13,18(19,20)21)22-10-11-5-3-2-4-6-11/h2-8,22H,9-10H2,1H3. The van der Waals surface area contributed by atoms with E-state index in [0.717, 1.165) is 19.2 Å². The molecule has 0 aromatic heterocycles. The zero-order valence-corrected chi connectivity index (χ0v) is 14.6. The number of halogens is 3. The Bertz CT molecular complexity index is 917. The van der Waals surface area contributed by atoms with Gasteiger partial charge in [0.1, 0.15) is 11.3 Å². The Morgan fingerprint density at radius 3 is 2.50 bits per heavy atom. The molecule has 7 nitrogen and oxygen atoms in total. The fourth-order valence-corrected chi connectivity index (χ4v) is 2.99. The number of ketones is 1. The third-order valence-electron chi connectivity index (χ3n) is 4.36. The summed E-state index contributed by atoms with van der Waals surface area (Å²) in [5.41, 5.74) is -3.71. The summed E-state index contributed by atoms with van der Waals surface area (Å²) in [5.74, 6) is -1.83. The molecule has 1 N–H and O–H groups in total. The van der Waals surface area contributed by atoms with Crippen molar-refractivity contribution in [1.82, 2.24) is 5.32 Å². The fraction of sp³-hybridized carbons (Fsp3) is 0.278. The minimum Gasteiger partial charge on any atom is -0.490 e. The molecule has 148 valence electrons. The van der Waals surface area contributed by atoms with Crippen molar-refractivity contribution in [3.8, 4) is 11.5 Å². The molecular weight excluding hydrogens is 381 g/mol. The summed E-state index contributed by atoms with van der Waals surface area (Å²) in [5, 5.41) is 13.6. The lowest BCUT2D eigenvalue weighted by atomic mass is 9.93. The van der Waals surface area contributed by atoms with Gasteiger partial charge in [-0.1, -0.05) is 30.3 Å². The van der Waals surface area contributed by atoms with Gasteiger partial charge in [-0.2, -0.15) is 13.2 Å². The van der Waals surface area contributed by atoms with Crippen molar-refractivity contribution in [2.24, 2.45) is 0 Å². The second-order valence-corrected chi connectivity index (χ2v) is 6.11. The van der Waals surface area contributed by atoms with Gasteiger partial charge in [0.05, 0.1) is 18.5 Å². The van der Waals surface area contributed by atoms with Crippen LogP contribution in [0.5, 0.6) is 11.5 Å². The molecule has 1 unspecified atom stereocenters. The van der Waals surface area contributed by atoms with Gasteiger partial charge in [0.25, 0.3) is 5.72 Å². The van der Waals surface area contributed by atoms with Crippen LogP contribution in [0.25, 0.3) is 0 Å². The van der Waals surface area contributed by atoms with E-state index in [9.17, 15) is 28.1 Å². The summed E-state index contributed by atoms with van der Waals surface area (Å²) >= 11 is 0. The van der Waals surface area contributed by atoms with Crippen LogP contribution in [0, 0.1) is 10.1 Å². The van der Waals surface area contributed by atoms with Crippen molar-refractivity contribution in [2.75, 3.05) is 7.11 Å². The third kappa shape index (κ3) is 3.38. The number of Topliss-reactive ketones (excluding diaryl/α,β-unsaturated/α-hetero) is 1. The van der Waals surface area contributed by atoms with Gasteiger partial charge in [-0.15, -0.1) is 0 Å². The minimum absolute atomic E-state index is 0.221. The predicted octanol–water partition coefficient (Wildman–Crippen LogP) is 3.62. The first-order valence-corrected chi connectivity index (χ1v) is 8.12. The molecular formula is C18H15F3N2O5. The molecule has 1 heterocycles. The van der Waals surface area contributed by atoms with Crippen LogP contribution < -0.4 is 14.8 Å². The van der Waals surface area contributed by atoms with Crippen LogP contribution in [-0.4, -0.2) is 29.7 Å². The summed E-state index contributed by atoms with van der Waals surface area (Å²) in [7, 11) is 1.16. The number of carbonyl (C=O) groups is 1. The molecule has 3 rings (SSSR count). The number of benzene rings is 2. The lowest BCUT2D eigenvalue weighted by Crippen LogP contribution is -2.63. The molecule has 2 aromatic carbocycles. The quantitative estimate of drug-likeness (QED) is 0.613. The van der Waals surface area contributed by atoms with Crippen molar-refractivity contribution in [1.29, 1.82) is 0 Å². The number of nitrogens with zero attached hydrogens (tertiary/aromatic N) is 1. The van der Waals surface area contributed by atoms with Gasteiger partial charge < -0.3 is 9.47 Å². The van der Waals surface area contributed by atoms with Gasteiger partial charge in [-0.05, 0) is 17.7 Å². The number of rotatable bonds is 5. The maximum Gasteiger partial charge on any atom is 0.443 e. The lowest BCUT2D eigenvalue weighted by Gasteiger charge is -2.39. The normalized spacial score (nSPS) is 18.9. The monoisotopic (exact) mass is 396 g/mol. The maximum absolute atomic E-state index is 13.9. The van der Waals surface area contributed by atoms with E-state index in [2.05, 4.69) is 5.32 Å². The van der Waals surface area contributed by atoms with Crippen molar-refractivity contribution < 1.29 is 32.4 Å². The van der Waals surface area contributed by atoms with E-state index in [1.807, 2.05) is 0 Å². The van der Waals surface area contributed by atoms with Crippen molar-refractivity contribution in [3.05, 3.63) is 63.7 Å². The molecule has 1 aliphatic heterocycles. The Kier molecular flexibility index (Phi) is 4.99. The summed E-state index contributed by atoms with van der Waals surface area (Å²) in [6, 6.07) is 10.4. The second-order valence-electron chi connectivity index (χ2n) is 6.11. The molecule has 28 heavy (non-hydrogen) atoms. The number of nitro groups is 1. The molecule has 2 aromatic rings. The zero-order valence-electron chi connectivity index (χ0n) is 14.6. The Hall–Kier alpha value is -3.14. The first-order valence-electron chi connectivity index (χ1n) is 8.12. The number of hydrogen-bond acceptors (Lipinski definition) is 6. The molecule has 0 radical (unpaired) electrons. The number of hydrogen-bond donors (Lipinski definition) is 1. The molecule has 0 amide bonds. The van der Waals surface area contributed by atoms with E-state index in [1.165, 1.54) is 0 Å². The third-order valence-corrected chi connectivity index (χ3v) is 4.36. The molecule has 10 heteroatoms. The van der Waals surface area contributed by atoms with E-state index in [0.29, 0.717) is 5.56 Å². The van der Waals surface area contributed by atoms with Crippen LogP contribution in [0.2, 0.25) is 0 Å². The van der Waals surface area contributed by atoms with Crippen LogP contribution in [0.3, 0.4) is 0 Å². The Balaban J connectivity index is 2.03. The fourth-order valence-electron chi connectivity index (χ4n) is 2.99. The average molecular weight is 396 g/mol. The highest BCUT2D eigenvalue weighted by molar-refractivity contribution is 6.05. The second kappa shape index (κ2) is 7.12. The number of nitro benzene ring substituents is 1. The smallest absolute Gasteiger partial charge is 0.443 e. The average Bonchev–Trinajstić information content (AvgIpc) is 2.65. The highest BCUT2D eigenvalue weighted by Gasteiger charge is 2.61. The first-order chi connectivity index (χ1) is 13.2. The maximum atomic E-state index is 13.9. The lowest BCUT2D eigenvalue weighted by molar-refractivity contribution is -0.386. The highest BCUT2D eigenvalue weighted by atomic mass is 19.4. The van der Waals surface area contributed by atoms with Gasteiger partial charge in [0.2, 0.25) is 0 Å². The van der Waals surface area contributed by atoms with Crippen LogP contribution in [0.4, 0.5) is 18.9 Å². The Morgan fingerprint density at radius 2 is 1.93 bits per heavy atom. The first kappa shape index (κ1) is 19.6. The van der Waals surface area contributed by atoms with Crippen LogP contribution >= 0.6 is 0 Å². The number of carbonyl (C=O) groups excluding carboxylic acids is 1. The molecule has 0 fully saturated rings. The summed E-state index contributed by atoms with van der Waals surface area (Å²) < 4.78 is 51.6. The molecule has 0 bridgehead atoms. The Labute approximate surface area is 157 Å². The van der Waals surface area contributed by atoms with Gasteiger partial charge >= 0.3 is 11.9 Å². The topological polar surface area (TPSA) is 90.7 Å². The molecule has 1 atom stereocenters. The number of fused-ring (bicyclic) bond motifs is 1. The highest BCUT2D eigenvalue weighted by Crippen LogP contribution is 2.46. The number of alkyl halides is 3. The summed E-state index contributed by atoms with van der Waals surface area (Å²) in [6.45, 7) is -0.221. The molecule has 0 aliphatic carbocycles. The van der Waals surface area contributed by atoms with E-state index in [1.54, 1.807) is 30.3 Å². The number of methoxy groups -OCH3 is 1. The Morgan fingerprint density at radius 1 is 1.25 bits per heavy atom. The van der Waals surface area contributed by atoms with E-state index >= 15 is 0 Å². The minimum atomic E-state index is -4.95. The van der Waals surface area contributed by atoms with Crippen molar-refractivity contribution in [2.45, 2.75) is 24.9 Å². The van der Waals surface area contributed by atoms with Gasteiger partial charge in [0, 0.05) is 6.54 Å². The molecule has 0 spiro atoms. The van der Waals surface area contributed by atoms with E-state index in [4.69, 9.17) is 9.47 Å². The summed E-state index contributed by atoms with van der Waals surface area (Å²) in [6.07, 6.45) is -6.10. The molecule has 0 saturated heterocycles. The largest absolute Gasteiger partial charge is 0.490 e. The molecule has 0 saturated carbocycles. The summed E-state index contributed by atoms with van der Waals surface area (Å²) in [4.78, 5) is 23.0. The van der Waals surface area contributed by atoms with E-state index < -0.39 is 46.0 Å². The van der Waals surface area contributed by atoms with Gasteiger partial charge in [-0.3, -0.25) is 20.2 Å². The SMILES string of the molecule is COc1ccc2c(c1[N+](=O)[O-])C(=O)CC(NCc1ccccc1)(C(F)(F)F)O2. The zero-order chi connectivity index (χ0) is 20.5. The van der Waals surface area contributed by atoms with E-state index in [-0.39, 0.29) is 12.3 Å². The van der Waals surface area contributed by atoms with Crippen LogP contribution in [0.1, 0.15) is 22.3 Å². The van der Waals surface area contributed by atoms with Crippen molar-refractivity contribution >= 4 is 11.5 Å². The van der Waals surface area contributed by atoms with Crippen LogP contribution in [0.15, 0.2) is 42.5 Å². The van der Waals surface area contributed by atoms with Crippen LogP contribution in [-0.2, 0) is 6.54 Å². The molecule has 1 aliphatic rings. The number of nitrogens with one attached hydrogen (secondary N) is 1. The van der Waals surface area contributed by atoms with Gasteiger partial charge in [-0.25, -0.2) is 0 Å².